The molecule has 0 amide bonds. The molecule has 0 spiro atoms. The van der Waals surface area contributed by atoms with E-state index >= 15 is 0 Å². The second-order valence-corrected chi connectivity index (χ2v) is 3.06. The Morgan fingerprint density at radius 1 is 1.54 bits per heavy atom. The number of carbonyl (C=O) groups excluding carboxylic acids is 1. The molecule has 1 aliphatic rings. The topological polar surface area (TPSA) is 26.3 Å². The minimum Gasteiger partial charge on any atom is -0.457 e. The van der Waals surface area contributed by atoms with Gasteiger partial charge < -0.3 is 4.74 Å². The van der Waals surface area contributed by atoms with Crippen LogP contribution in [0.3, 0.4) is 0 Å². The Kier molecular flexibility index (Phi) is 1.89. The highest BCUT2D eigenvalue weighted by molar-refractivity contribution is 5.93. The van der Waals surface area contributed by atoms with E-state index < -0.39 is 0 Å². The second kappa shape index (κ2) is 3.05. The first kappa shape index (κ1) is 8.05. The molecule has 0 fully saturated rings. The number of ether oxygens (including phenoxy) is 1. The van der Waals surface area contributed by atoms with E-state index in [4.69, 9.17) is 4.74 Å². The van der Waals surface area contributed by atoms with Gasteiger partial charge >= 0.3 is 5.97 Å². The first-order valence-electron chi connectivity index (χ1n) is 4.21. The molecule has 1 heterocycles. The monoisotopic (exact) mass is 174 g/mol. The molecule has 0 bridgehead atoms. The van der Waals surface area contributed by atoms with Crippen molar-refractivity contribution in [2.75, 3.05) is 0 Å². The van der Waals surface area contributed by atoms with Crippen LogP contribution in [0.1, 0.15) is 21.5 Å². The number of allylic oxidation sites excluding steroid dienone is 1. The molecule has 1 aromatic carbocycles. The van der Waals surface area contributed by atoms with Gasteiger partial charge in [-0.1, -0.05) is 18.2 Å². The molecule has 0 aromatic heterocycles. The Labute approximate surface area is 76.8 Å². The quantitative estimate of drug-likeness (QED) is 0.507. The van der Waals surface area contributed by atoms with Gasteiger partial charge in [-0.15, -0.1) is 6.58 Å². The Morgan fingerprint density at radius 2 is 2.38 bits per heavy atom. The van der Waals surface area contributed by atoms with Gasteiger partial charge in [-0.25, -0.2) is 4.79 Å². The number of esters is 1. The molecular formula is C11H10O2. The third-order valence-corrected chi connectivity index (χ3v) is 2.13. The number of fused-ring (bicyclic) bond motifs is 1. The van der Waals surface area contributed by atoms with E-state index in [1.807, 2.05) is 24.3 Å². The molecular weight excluding hydrogens is 164 g/mol. The van der Waals surface area contributed by atoms with Crippen molar-refractivity contribution in [2.45, 2.75) is 13.0 Å². The van der Waals surface area contributed by atoms with Crippen LogP contribution in [0.15, 0.2) is 30.9 Å². The fourth-order valence-corrected chi connectivity index (χ4v) is 1.45. The van der Waals surface area contributed by atoms with E-state index in [1.54, 1.807) is 0 Å². The lowest BCUT2D eigenvalue weighted by molar-refractivity contribution is 0.0535. The fraction of sp³-hybridized carbons (Fsp3) is 0.182. The van der Waals surface area contributed by atoms with E-state index in [0.717, 1.165) is 17.5 Å². The number of benzene rings is 1. The van der Waals surface area contributed by atoms with Crippen molar-refractivity contribution in [1.29, 1.82) is 0 Å². The number of rotatable bonds is 2. The van der Waals surface area contributed by atoms with Crippen LogP contribution in [0.2, 0.25) is 0 Å². The molecule has 2 heteroatoms. The van der Waals surface area contributed by atoms with Crippen LogP contribution in [0.5, 0.6) is 0 Å². The average Bonchev–Trinajstić information content (AvgIpc) is 2.49. The van der Waals surface area contributed by atoms with Crippen molar-refractivity contribution in [3.05, 3.63) is 47.5 Å². The molecule has 1 aliphatic heterocycles. The Balaban J connectivity index is 2.41. The summed E-state index contributed by atoms with van der Waals surface area (Å²) in [5.74, 6) is -0.207. The van der Waals surface area contributed by atoms with Crippen LogP contribution in [-0.2, 0) is 17.8 Å². The normalized spacial score (nSPS) is 13.7. The summed E-state index contributed by atoms with van der Waals surface area (Å²) >= 11 is 0. The predicted octanol–water partition coefficient (Wildman–Crippen LogP) is 2.09. The van der Waals surface area contributed by atoms with Gasteiger partial charge in [-0.3, -0.25) is 0 Å². The van der Waals surface area contributed by atoms with Crippen LogP contribution >= 0.6 is 0 Å². The Morgan fingerprint density at radius 3 is 3.15 bits per heavy atom. The second-order valence-electron chi connectivity index (χ2n) is 3.06. The van der Waals surface area contributed by atoms with Crippen LogP contribution in [0.25, 0.3) is 0 Å². The van der Waals surface area contributed by atoms with Crippen LogP contribution < -0.4 is 0 Å². The third kappa shape index (κ3) is 1.35. The first-order valence-corrected chi connectivity index (χ1v) is 4.21. The zero-order valence-electron chi connectivity index (χ0n) is 7.25. The summed E-state index contributed by atoms with van der Waals surface area (Å²) in [6.07, 6.45) is 2.61. The van der Waals surface area contributed by atoms with E-state index in [2.05, 4.69) is 6.58 Å². The minimum atomic E-state index is -0.207. The van der Waals surface area contributed by atoms with Gasteiger partial charge in [0.15, 0.2) is 0 Å². The van der Waals surface area contributed by atoms with Crippen molar-refractivity contribution >= 4 is 5.97 Å². The molecule has 0 N–H and O–H groups in total. The summed E-state index contributed by atoms with van der Waals surface area (Å²) < 4.78 is 4.89. The lowest BCUT2D eigenvalue weighted by Gasteiger charge is -1.98. The first-order chi connectivity index (χ1) is 6.31. The third-order valence-electron chi connectivity index (χ3n) is 2.13. The SMILES string of the molecule is C=CCc1ccc2c(c1)C(=O)OC2. The van der Waals surface area contributed by atoms with Crippen molar-refractivity contribution in [3.63, 3.8) is 0 Å². The van der Waals surface area contributed by atoms with Gasteiger partial charge in [0.1, 0.15) is 6.61 Å². The molecule has 0 atom stereocenters. The van der Waals surface area contributed by atoms with E-state index in [-0.39, 0.29) is 5.97 Å². The summed E-state index contributed by atoms with van der Waals surface area (Å²) in [6.45, 7) is 4.07. The van der Waals surface area contributed by atoms with Crippen molar-refractivity contribution in [2.24, 2.45) is 0 Å². The highest BCUT2D eigenvalue weighted by atomic mass is 16.5. The van der Waals surface area contributed by atoms with Gasteiger partial charge in [-0.2, -0.15) is 0 Å². The zero-order chi connectivity index (χ0) is 9.26. The van der Waals surface area contributed by atoms with Crippen molar-refractivity contribution in [3.8, 4) is 0 Å². The lowest BCUT2D eigenvalue weighted by Crippen LogP contribution is -1.94. The number of hydrogen-bond acceptors (Lipinski definition) is 2. The highest BCUT2D eigenvalue weighted by Crippen LogP contribution is 2.21. The maximum Gasteiger partial charge on any atom is 0.338 e. The van der Waals surface area contributed by atoms with Gasteiger partial charge in [0.25, 0.3) is 0 Å². The van der Waals surface area contributed by atoms with Crippen LogP contribution in [0.4, 0.5) is 0 Å². The Hall–Kier alpha value is -1.57. The number of carbonyl (C=O) groups is 1. The fourth-order valence-electron chi connectivity index (χ4n) is 1.45. The molecule has 0 unspecified atom stereocenters. The molecule has 0 saturated heterocycles. The molecule has 2 rings (SSSR count). The van der Waals surface area contributed by atoms with Crippen LogP contribution in [-0.4, -0.2) is 5.97 Å². The summed E-state index contributed by atoms with van der Waals surface area (Å²) in [6, 6.07) is 5.83. The van der Waals surface area contributed by atoms with Crippen molar-refractivity contribution < 1.29 is 9.53 Å². The summed E-state index contributed by atoms with van der Waals surface area (Å²) in [7, 11) is 0. The van der Waals surface area contributed by atoms with Gasteiger partial charge in [0.05, 0.1) is 5.56 Å². The highest BCUT2D eigenvalue weighted by Gasteiger charge is 2.20. The van der Waals surface area contributed by atoms with Crippen molar-refractivity contribution in [1.82, 2.24) is 0 Å². The minimum absolute atomic E-state index is 0.207. The summed E-state index contributed by atoms with van der Waals surface area (Å²) in [5, 5.41) is 0. The van der Waals surface area contributed by atoms with Gasteiger partial charge in [-0.05, 0) is 18.1 Å². The lowest BCUT2D eigenvalue weighted by atomic mass is 10.0. The molecule has 2 nitrogen and oxygen atoms in total. The zero-order valence-corrected chi connectivity index (χ0v) is 7.25. The molecule has 0 saturated carbocycles. The molecule has 66 valence electrons. The van der Waals surface area contributed by atoms with Crippen LogP contribution in [0, 0.1) is 0 Å². The maximum absolute atomic E-state index is 11.2. The number of hydrogen-bond donors (Lipinski definition) is 0. The smallest absolute Gasteiger partial charge is 0.338 e. The van der Waals surface area contributed by atoms with E-state index in [9.17, 15) is 4.79 Å². The standard InChI is InChI=1S/C11H10O2/c1-2-3-8-4-5-9-7-13-11(12)10(9)6-8/h2,4-6H,1,3,7H2. The summed E-state index contributed by atoms with van der Waals surface area (Å²) in [5.41, 5.74) is 2.80. The molecule has 0 radical (unpaired) electrons. The van der Waals surface area contributed by atoms with E-state index in [0.29, 0.717) is 12.2 Å². The summed E-state index contributed by atoms with van der Waals surface area (Å²) in [4.78, 5) is 11.2. The molecule has 0 aliphatic carbocycles. The molecule has 13 heavy (non-hydrogen) atoms. The average molecular weight is 174 g/mol. The Bertz CT molecular complexity index is 366. The molecule has 1 aromatic rings. The number of cyclic esters (lactones) is 1. The largest absolute Gasteiger partial charge is 0.457 e. The predicted molar refractivity (Wildman–Crippen MR) is 49.5 cm³/mol. The van der Waals surface area contributed by atoms with E-state index in [1.165, 1.54) is 0 Å². The van der Waals surface area contributed by atoms with Gasteiger partial charge in [0.2, 0.25) is 0 Å². The van der Waals surface area contributed by atoms with Gasteiger partial charge in [0, 0.05) is 5.56 Å². The maximum atomic E-state index is 11.2.